The van der Waals surface area contributed by atoms with Crippen molar-refractivity contribution in [1.82, 2.24) is 4.57 Å². The summed E-state index contributed by atoms with van der Waals surface area (Å²) in [4.78, 5) is 18.0. The number of hydrogen-bond donors (Lipinski definition) is 1. The smallest absolute Gasteiger partial charge is 0.344 e. The Kier molecular flexibility index (Phi) is 7.43. The molecule has 0 unspecified atom stereocenters. The molecule has 3 heterocycles. The van der Waals surface area contributed by atoms with Gasteiger partial charge in [-0.05, 0) is 50.3 Å². The van der Waals surface area contributed by atoms with Gasteiger partial charge in [-0.2, -0.15) is 0 Å². The van der Waals surface area contributed by atoms with E-state index in [1.54, 1.807) is 6.92 Å². The van der Waals surface area contributed by atoms with Crippen LogP contribution in [0.25, 0.3) is 17.0 Å². The summed E-state index contributed by atoms with van der Waals surface area (Å²) in [5.41, 5.74) is 3.80. The van der Waals surface area contributed by atoms with Crippen molar-refractivity contribution in [1.29, 1.82) is 0 Å². The lowest BCUT2D eigenvalue weighted by Gasteiger charge is -2.09. The van der Waals surface area contributed by atoms with Crippen molar-refractivity contribution in [3.63, 3.8) is 0 Å². The van der Waals surface area contributed by atoms with Crippen molar-refractivity contribution in [2.24, 2.45) is 4.99 Å². The highest BCUT2D eigenvalue weighted by atomic mass is 32.2. The number of thioether (sulfide) groups is 1. The van der Waals surface area contributed by atoms with Crippen molar-refractivity contribution in [2.45, 2.75) is 20.4 Å². The number of ether oxygens (including phenoxy) is 4. The van der Waals surface area contributed by atoms with E-state index >= 15 is 0 Å². The van der Waals surface area contributed by atoms with Crippen LogP contribution in [-0.4, -0.2) is 40.7 Å². The fourth-order valence-electron chi connectivity index (χ4n) is 4.67. The van der Waals surface area contributed by atoms with Crippen molar-refractivity contribution in [3.8, 4) is 17.2 Å². The molecule has 208 valence electrons. The van der Waals surface area contributed by atoms with E-state index in [4.69, 9.17) is 18.9 Å². The Morgan fingerprint density at radius 3 is 2.73 bits per heavy atom. The minimum atomic E-state index is -0.602. The molecule has 41 heavy (non-hydrogen) atoms. The number of aliphatic imine (C=N–C) groups is 1. The molecular weight excluding hydrogens is 540 g/mol. The second-order valence-electron chi connectivity index (χ2n) is 9.47. The third-order valence-corrected chi connectivity index (χ3v) is 7.71. The predicted octanol–water partition coefficient (Wildman–Crippen LogP) is 6.95. The number of esters is 1. The zero-order chi connectivity index (χ0) is 28.3. The molecule has 4 aromatic rings. The Hall–Kier alpha value is -4.63. The summed E-state index contributed by atoms with van der Waals surface area (Å²) in [5.74, 6) is 1.36. The van der Waals surface area contributed by atoms with Crippen LogP contribution in [0, 0.1) is 6.92 Å². The maximum atomic E-state index is 12.8. The fourth-order valence-corrected chi connectivity index (χ4v) is 5.70. The van der Waals surface area contributed by atoms with Crippen LogP contribution in [0.2, 0.25) is 0 Å². The largest absolute Gasteiger partial charge is 0.506 e. The van der Waals surface area contributed by atoms with Gasteiger partial charge < -0.3 is 28.6 Å². The number of carbonyl (C=O) groups excluding carboxylic acids is 1. The van der Waals surface area contributed by atoms with Crippen LogP contribution in [0.4, 0.5) is 5.69 Å². The van der Waals surface area contributed by atoms with Crippen LogP contribution in [0.15, 0.2) is 94.2 Å². The first-order valence-corrected chi connectivity index (χ1v) is 14.1. The third-order valence-electron chi connectivity index (χ3n) is 6.69. The van der Waals surface area contributed by atoms with Gasteiger partial charge in [0.15, 0.2) is 11.5 Å². The van der Waals surface area contributed by atoms with Gasteiger partial charge in [0.25, 0.3) is 0 Å². The van der Waals surface area contributed by atoms with Gasteiger partial charge in [-0.15, -0.1) is 0 Å². The highest BCUT2D eigenvalue weighted by Gasteiger charge is 2.33. The number of fused-ring (bicyclic) bond motifs is 2. The molecule has 0 saturated carbocycles. The first kappa shape index (κ1) is 26.6. The first-order valence-electron chi connectivity index (χ1n) is 13.3. The first-order chi connectivity index (χ1) is 20.0. The Balaban J connectivity index is 1.28. The van der Waals surface area contributed by atoms with E-state index in [2.05, 4.69) is 9.56 Å². The summed E-state index contributed by atoms with van der Waals surface area (Å²) in [6, 6.07) is 21.2. The number of hydrogen-bond acceptors (Lipinski definition) is 8. The molecule has 1 N–H and O–H groups in total. The van der Waals surface area contributed by atoms with Gasteiger partial charge in [-0.1, -0.05) is 47.7 Å². The Morgan fingerprint density at radius 2 is 1.90 bits per heavy atom. The third kappa shape index (κ3) is 5.53. The second-order valence-corrected chi connectivity index (χ2v) is 10.5. The van der Waals surface area contributed by atoms with E-state index in [0.717, 1.165) is 22.0 Å². The van der Waals surface area contributed by atoms with Gasteiger partial charge in [-0.3, -0.25) is 0 Å². The molecule has 0 atom stereocenters. The summed E-state index contributed by atoms with van der Waals surface area (Å²) in [7, 11) is 0. The number of aliphatic hydroxyl groups excluding tert-OH is 1. The van der Waals surface area contributed by atoms with Crippen LogP contribution in [0.1, 0.15) is 18.1 Å². The molecule has 3 aromatic carbocycles. The van der Waals surface area contributed by atoms with Crippen molar-refractivity contribution in [3.05, 3.63) is 100 Å². The molecule has 0 amide bonds. The molecule has 2 aliphatic rings. The van der Waals surface area contributed by atoms with Gasteiger partial charge >= 0.3 is 5.97 Å². The topological polar surface area (TPSA) is 91.5 Å². The molecule has 0 spiro atoms. The normalized spacial score (nSPS) is 16.2. The van der Waals surface area contributed by atoms with E-state index in [-0.39, 0.29) is 24.7 Å². The molecule has 0 saturated heterocycles. The fraction of sp³-hybridized carbons (Fsp3) is 0.188. The standard InChI is InChI=1S/C32H28N2O6S/c1-3-37-32(36)29-30(35)28(41-31(29)33-22-10-8-20(2)9-11-22)16-21-18-34(25-7-5-4-6-24(21)25)14-15-38-23-12-13-26-27(17-23)40-19-39-26/h4-13,16-18,35H,3,14-15,19H2,1-2H3/b28-16-,33-31?. The average molecular weight is 569 g/mol. The maximum Gasteiger partial charge on any atom is 0.344 e. The molecule has 0 bridgehead atoms. The van der Waals surface area contributed by atoms with Gasteiger partial charge in [-0.25, -0.2) is 9.79 Å². The molecule has 0 aliphatic carbocycles. The number of para-hydroxylation sites is 1. The van der Waals surface area contributed by atoms with Crippen LogP contribution in [0.3, 0.4) is 0 Å². The van der Waals surface area contributed by atoms with Crippen molar-refractivity contribution < 1.29 is 28.8 Å². The average Bonchev–Trinajstić information content (AvgIpc) is 3.66. The quantitative estimate of drug-likeness (QED) is 0.230. The van der Waals surface area contributed by atoms with Gasteiger partial charge in [0.05, 0.1) is 23.7 Å². The van der Waals surface area contributed by atoms with Crippen molar-refractivity contribution in [2.75, 3.05) is 20.0 Å². The lowest BCUT2D eigenvalue weighted by molar-refractivity contribution is -0.138. The number of aryl methyl sites for hydroxylation is 1. The van der Waals surface area contributed by atoms with Crippen LogP contribution in [-0.2, 0) is 16.1 Å². The molecule has 8 nitrogen and oxygen atoms in total. The zero-order valence-corrected chi connectivity index (χ0v) is 23.4. The maximum absolute atomic E-state index is 12.8. The highest BCUT2D eigenvalue weighted by Crippen LogP contribution is 2.41. The second kappa shape index (κ2) is 11.5. The molecule has 0 radical (unpaired) electrons. The molecule has 1 aromatic heterocycles. The Morgan fingerprint density at radius 1 is 1.10 bits per heavy atom. The van der Waals surface area contributed by atoms with E-state index in [9.17, 15) is 9.90 Å². The molecule has 9 heteroatoms. The number of aliphatic hydroxyl groups is 1. The summed E-state index contributed by atoms with van der Waals surface area (Å²) >= 11 is 1.25. The van der Waals surface area contributed by atoms with Crippen LogP contribution in [0.5, 0.6) is 17.2 Å². The van der Waals surface area contributed by atoms with Crippen molar-refractivity contribution >= 4 is 45.4 Å². The monoisotopic (exact) mass is 568 g/mol. The molecular formula is C32H28N2O6S. The number of rotatable bonds is 8. The summed E-state index contributed by atoms with van der Waals surface area (Å²) < 4.78 is 24.2. The number of aromatic nitrogens is 1. The SMILES string of the molecule is CCOC(=O)C1=C(O)/C(=C/c2cn(CCOc3ccc4c(c3)OCO4)c3ccccc23)SC1=Nc1ccc(C)cc1. The van der Waals surface area contributed by atoms with Crippen LogP contribution < -0.4 is 14.2 Å². The molecule has 0 fully saturated rings. The van der Waals surface area contributed by atoms with Crippen LogP contribution >= 0.6 is 11.8 Å². The highest BCUT2D eigenvalue weighted by molar-refractivity contribution is 8.18. The summed E-state index contributed by atoms with van der Waals surface area (Å²) in [5, 5.41) is 12.6. The molecule has 2 aliphatic heterocycles. The minimum Gasteiger partial charge on any atom is -0.506 e. The van der Waals surface area contributed by atoms with E-state index in [1.807, 2.05) is 85.9 Å². The Bertz CT molecular complexity index is 1720. The number of benzene rings is 3. The lowest BCUT2D eigenvalue weighted by atomic mass is 10.1. The minimum absolute atomic E-state index is 0.0736. The number of carbonyl (C=O) groups is 1. The zero-order valence-electron chi connectivity index (χ0n) is 22.6. The van der Waals surface area contributed by atoms with E-state index < -0.39 is 5.97 Å². The van der Waals surface area contributed by atoms with E-state index in [0.29, 0.717) is 46.0 Å². The summed E-state index contributed by atoms with van der Waals surface area (Å²) in [6.07, 6.45) is 3.90. The predicted molar refractivity (Wildman–Crippen MR) is 160 cm³/mol. The summed E-state index contributed by atoms with van der Waals surface area (Å²) in [6.45, 7) is 5.18. The lowest BCUT2D eigenvalue weighted by Crippen LogP contribution is -2.12. The Labute approximate surface area is 241 Å². The molecule has 6 rings (SSSR count). The number of nitrogens with zero attached hydrogens (tertiary/aromatic N) is 2. The van der Waals surface area contributed by atoms with Gasteiger partial charge in [0.2, 0.25) is 6.79 Å². The van der Waals surface area contributed by atoms with Gasteiger partial charge in [0, 0.05) is 28.7 Å². The van der Waals surface area contributed by atoms with E-state index in [1.165, 1.54) is 11.8 Å². The van der Waals surface area contributed by atoms with Gasteiger partial charge in [0.1, 0.15) is 28.7 Å².